The molecule has 2 heterocycles. The molecule has 0 saturated carbocycles. The summed E-state index contributed by atoms with van der Waals surface area (Å²) in [5.41, 5.74) is 2.84. The minimum atomic E-state index is 0.548. The van der Waals surface area contributed by atoms with Gasteiger partial charge in [0.2, 0.25) is 0 Å². The second-order valence-electron chi connectivity index (χ2n) is 6.40. The molecule has 20 heavy (non-hydrogen) atoms. The zero-order chi connectivity index (χ0) is 13.9. The van der Waals surface area contributed by atoms with Crippen LogP contribution in [0.2, 0.25) is 0 Å². The Morgan fingerprint density at radius 1 is 1.10 bits per heavy atom. The SMILES string of the molecule is Cc1ccc(C(C2CCCN2)N2CCN(C)CC2)cc1. The third-order valence-electron chi connectivity index (χ3n) is 4.83. The zero-order valence-electron chi connectivity index (χ0n) is 12.8. The fourth-order valence-electron chi connectivity index (χ4n) is 3.54. The fourth-order valence-corrected chi connectivity index (χ4v) is 3.54. The summed E-state index contributed by atoms with van der Waals surface area (Å²) in [5, 5.41) is 3.72. The van der Waals surface area contributed by atoms with E-state index in [1.165, 1.54) is 56.7 Å². The number of hydrogen-bond donors (Lipinski definition) is 1. The summed E-state index contributed by atoms with van der Waals surface area (Å²) >= 11 is 0. The van der Waals surface area contributed by atoms with Gasteiger partial charge >= 0.3 is 0 Å². The first-order valence-corrected chi connectivity index (χ1v) is 7.96. The highest BCUT2D eigenvalue weighted by Crippen LogP contribution is 2.30. The number of hydrogen-bond acceptors (Lipinski definition) is 3. The van der Waals surface area contributed by atoms with Gasteiger partial charge in [-0.25, -0.2) is 0 Å². The van der Waals surface area contributed by atoms with Crippen LogP contribution in [-0.2, 0) is 0 Å². The molecule has 2 aliphatic heterocycles. The van der Waals surface area contributed by atoms with Crippen LogP contribution in [0.15, 0.2) is 24.3 Å². The van der Waals surface area contributed by atoms with Crippen LogP contribution in [0.4, 0.5) is 0 Å². The van der Waals surface area contributed by atoms with Gasteiger partial charge in [-0.15, -0.1) is 0 Å². The van der Waals surface area contributed by atoms with E-state index in [0.717, 1.165) is 0 Å². The molecule has 0 bridgehead atoms. The van der Waals surface area contributed by atoms with Crippen LogP contribution >= 0.6 is 0 Å². The van der Waals surface area contributed by atoms with Crippen molar-refractivity contribution in [2.75, 3.05) is 39.8 Å². The molecule has 0 aliphatic carbocycles. The molecule has 0 radical (unpaired) electrons. The van der Waals surface area contributed by atoms with Crippen LogP contribution in [0.5, 0.6) is 0 Å². The third kappa shape index (κ3) is 3.05. The van der Waals surface area contributed by atoms with Gasteiger partial charge in [-0.3, -0.25) is 4.90 Å². The number of nitrogens with one attached hydrogen (secondary N) is 1. The van der Waals surface area contributed by atoms with Crippen LogP contribution in [-0.4, -0.2) is 55.6 Å². The Bertz CT molecular complexity index is 414. The van der Waals surface area contributed by atoms with Crippen molar-refractivity contribution < 1.29 is 0 Å². The number of aryl methyl sites for hydroxylation is 1. The van der Waals surface area contributed by atoms with E-state index in [4.69, 9.17) is 0 Å². The summed E-state index contributed by atoms with van der Waals surface area (Å²) < 4.78 is 0. The predicted octanol–water partition coefficient (Wildman–Crippen LogP) is 2.04. The van der Waals surface area contributed by atoms with Crippen LogP contribution in [0, 0.1) is 6.92 Å². The summed E-state index contributed by atoms with van der Waals surface area (Å²) in [6.07, 6.45) is 2.63. The Kier molecular flexibility index (Phi) is 4.39. The molecule has 1 aromatic rings. The van der Waals surface area contributed by atoms with Crippen molar-refractivity contribution in [1.29, 1.82) is 0 Å². The molecule has 0 spiro atoms. The number of piperazine rings is 1. The lowest BCUT2D eigenvalue weighted by Crippen LogP contribution is -2.50. The Hall–Kier alpha value is -0.900. The molecule has 2 unspecified atom stereocenters. The predicted molar refractivity (Wildman–Crippen MR) is 84.0 cm³/mol. The van der Waals surface area contributed by atoms with Crippen molar-refractivity contribution in [3.63, 3.8) is 0 Å². The maximum atomic E-state index is 3.72. The Balaban J connectivity index is 1.81. The first-order chi connectivity index (χ1) is 9.74. The molecule has 2 saturated heterocycles. The lowest BCUT2D eigenvalue weighted by molar-refractivity contribution is 0.0938. The van der Waals surface area contributed by atoms with Gasteiger partial charge in [0, 0.05) is 32.2 Å². The van der Waals surface area contributed by atoms with Crippen LogP contribution in [0.25, 0.3) is 0 Å². The summed E-state index contributed by atoms with van der Waals surface area (Å²) in [6, 6.07) is 10.4. The quantitative estimate of drug-likeness (QED) is 0.909. The molecule has 1 N–H and O–H groups in total. The number of nitrogens with zero attached hydrogens (tertiary/aromatic N) is 2. The molecule has 2 aliphatic rings. The monoisotopic (exact) mass is 273 g/mol. The third-order valence-corrected chi connectivity index (χ3v) is 4.83. The largest absolute Gasteiger partial charge is 0.312 e. The maximum Gasteiger partial charge on any atom is 0.0502 e. The van der Waals surface area contributed by atoms with E-state index in [0.29, 0.717) is 12.1 Å². The highest BCUT2D eigenvalue weighted by atomic mass is 15.3. The smallest absolute Gasteiger partial charge is 0.0502 e. The van der Waals surface area contributed by atoms with Crippen molar-refractivity contribution >= 4 is 0 Å². The summed E-state index contributed by atoms with van der Waals surface area (Å²) in [7, 11) is 2.23. The summed E-state index contributed by atoms with van der Waals surface area (Å²) in [6.45, 7) is 8.10. The average Bonchev–Trinajstić information content (AvgIpc) is 2.97. The van der Waals surface area contributed by atoms with Crippen LogP contribution in [0.3, 0.4) is 0 Å². The molecule has 0 amide bonds. The molecule has 110 valence electrons. The average molecular weight is 273 g/mol. The lowest BCUT2D eigenvalue weighted by atomic mass is 9.95. The molecular formula is C17H27N3. The second-order valence-corrected chi connectivity index (χ2v) is 6.40. The van der Waals surface area contributed by atoms with Gasteiger partial charge in [-0.1, -0.05) is 29.8 Å². The van der Waals surface area contributed by atoms with E-state index in [1.807, 2.05) is 0 Å². The lowest BCUT2D eigenvalue weighted by Gasteiger charge is -2.41. The molecule has 3 nitrogen and oxygen atoms in total. The molecule has 2 atom stereocenters. The van der Waals surface area contributed by atoms with E-state index in [1.54, 1.807) is 0 Å². The van der Waals surface area contributed by atoms with Crippen LogP contribution in [0.1, 0.15) is 30.0 Å². The molecule has 1 aromatic carbocycles. The molecule has 2 fully saturated rings. The number of benzene rings is 1. The Morgan fingerprint density at radius 3 is 2.40 bits per heavy atom. The van der Waals surface area contributed by atoms with Gasteiger partial charge in [0.15, 0.2) is 0 Å². The van der Waals surface area contributed by atoms with Crippen molar-refractivity contribution in [2.45, 2.75) is 31.8 Å². The highest BCUT2D eigenvalue weighted by Gasteiger charge is 2.32. The standard InChI is InChI=1S/C17H27N3/c1-14-5-7-15(8-6-14)17(16-4-3-9-18-16)20-12-10-19(2)11-13-20/h5-8,16-18H,3-4,9-13H2,1-2H3. The Labute approximate surface area is 123 Å². The van der Waals surface area contributed by atoms with Crippen molar-refractivity contribution in [2.24, 2.45) is 0 Å². The topological polar surface area (TPSA) is 18.5 Å². The second kappa shape index (κ2) is 6.25. The van der Waals surface area contributed by atoms with Gasteiger partial charge < -0.3 is 10.2 Å². The van der Waals surface area contributed by atoms with Gasteiger partial charge in [0.25, 0.3) is 0 Å². The van der Waals surface area contributed by atoms with E-state index in [2.05, 4.69) is 53.4 Å². The normalized spacial score (nSPS) is 26.8. The minimum absolute atomic E-state index is 0.548. The van der Waals surface area contributed by atoms with E-state index < -0.39 is 0 Å². The number of likely N-dealkylation sites (N-methyl/N-ethyl adjacent to an activating group) is 1. The van der Waals surface area contributed by atoms with E-state index in [-0.39, 0.29) is 0 Å². The van der Waals surface area contributed by atoms with E-state index >= 15 is 0 Å². The molecular weight excluding hydrogens is 246 g/mol. The fraction of sp³-hybridized carbons (Fsp3) is 0.647. The van der Waals surface area contributed by atoms with Crippen molar-refractivity contribution in [1.82, 2.24) is 15.1 Å². The maximum absolute atomic E-state index is 3.72. The first kappa shape index (κ1) is 14.1. The molecule has 0 aromatic heterocycles. The van der Waals surface area contributed by atoms with Gasteiger partial charge in [0.1, 0.15) is 0 Å². The van der Waals surface area contributed by atoms with E-state index in [9.17, 15) is 0 Å². The Morgan fingerprint density at radius 2 is 1.80 bits per heavy atom. The summed E-state index contributed by atoms with van der Waals surface area (Å²) in [5.74, 6) is 0. The van der Waals surface area contributed by atoms with Crippen molar-refractivity contribution in [3.05, 3.63) is 35.4 Å². The first-order valence-electron chi connectivity index (χ1n) is 7.96. The zero-order valence-corrected chi connectivity index (χ0v) is 12.8. The minimum Gasteiger partial charge on any atom is -0.312 e. The molecule has 3 rings (SSSR count). The van der Waals surface area contributed by atoms with Crippen LogP contribution < -0.4 is 5.32 Å². The highest BCUT2D eigenvalue weighted by molar-refractivity contribution is 5.26. The van der Waals surface area contributed by atoms with Gasteiger partial charge in [0.05, 0.1) is 6.04 Å². The van der Waals surface area contributed by atoms with Gasteiger partial charge in [-0.2, -0.15) is 0 Å². The number of rotatable bonds is 3. The van der Waals surface area contributed by atoms with Crippen molar-refractivity contribution in [3.8, 4) is 0 Å². The molecule has 3 heteroatoms. The van der Waals surface area contributed by atoms with Gasteiger partial charge in [-0.05, 0) is 38.9 Å². The summed E-state index contributed by atoms with van der Waals surface area (Å²) in [4.78, 5) is 5.12.